The standard InChI is InChI=1S/C9H6F6NO2/c1-16-5-2-6(17-8(10,11)12)4-7(3-5)18-9(13,14)15/h2-4H,1H3. The Morgan fingerprint density at radius 1 is 0.833 bits per heavy atom. The summed E-state index contributed by atoms with van der Waals surface area (Å²) in [4.78, 5) is 0. The summed E-state index contributed by atoms with van der Waals surface area (Å²) in [6, 6.07) is 2.13. The third-order valence-corrected chi connectivity index (χ3v) is 1.59. The third kappa shape index (κ3) is 5.02. The Hall–Kier alpha value is -1.80. The van der Waals surface area contributed by atoms with Crippen molar-refractivity contribution in [2.24, 2.45) is 0 Å². The van der Waals surface area contributed by atoms with Crippen molar-refractivity contribution < 1.29 is 35.8 Å². The number of ether oxygens (including phenoxy) is 2. The summed E-state index contributed by atoms with van der Waals surface area (Å²) >= 11 is 0. The highest BCUT2D eigenvalue weighted by Crippen LogP contribution is 2.32. The lowest BCUT2D eigenvalue weighted by Crippen LogP contribution is -2.19. The number of benzene rings is 1. The predicted molar refractivity (Wildman–Crippen MR) is 47.5 cm³/mol. The molecule has 0 saturated carbocycles. The van der Waals surface area contributed by atoms with Crippen LogP contribution in [0.5, 0.6) is 11.5 Å². The van der Waals surface area contributed by atoms with E-state index in [1.165, 1.54) is 7.05 Å². The van der Waals surface area contributed by atoms with Crippen LogP contribution in [0.25, 0.3) is 0 Å². The highest BCUT2D eigenvalue weighted by atomic mass is 19.4. The SMILES string of the molecule is C[N]c1cc(OC(F)(F)F)cc(OC(F)(F)F)c1. The van der Waals surface area contributed by atoms with Gasteiger partial charge in [-0.15, -0.1) is 26.3 Å². The molecule has 0 aliphatic carbocycles. The second kappa shape index (κ2) is 4.83. The zero-order chi connectivity index (χ0) is 14.0. The molecular formula is C9H6F6NO2. The molecule has 0 aromatic heterocycles. The van der Waals surface area contributed by atoms with Crippen LogP contribution in [-0.2, 0) is 0 Å². The van der Waals surface area contributed by atoms with Crippen molar-refractivity contribution in [3.05, 3.63) is 18.2 Å². The van der Waals surface area contributed by atoms with Crippen LogP contribution < -0.4 is 14.8 Å². The molecule has 0 heterocycles. The summed E-state index contributed by atoms with van der Waals surface area (Å²) in [5.41, 5.74) is -0.143. The van der Waals surface area contributed by atoms with Gasteiger partial charge in [-0.2, -0.15) is 0 Å². The zero-order valence-corrected chi connectivity index (χ0v) is 8.76. The van der Waals surface area contributed by atoms with Gasteiger partial charge >= 0.3 is 12.7 Å². The van der Waals surface area contributed by atoms with E-state index in [0.29, 0.717) is 6.07 Å². The average Bonchev–Trinajstić information content (AvgIpc) is 2.11. The number of alkyl halides is 6. The molecule has 3 nitrogen and oxygen atoms in total. The van der Waals surface area contributed by atoms with Crippen molar-refractivity contribution in [1.29, 1.82) is 0 Å². The second-order valence-electron chi connectivity index (χ2n) is 2.98. The Kier molecular flexibility index (Phi) is 3.82. The molecule has 1 aromatic carbocycles. The van der Waals surface area contributed by atoms with Crippen LogP contribution in [0.15, 0.2) is 18.2 Å². The zero-order valence-electron chi connectivity index (χ0n) is 8.76. The molecule has 0 atom stereocenters. The van der Waals surface area contributed by atoms with Gasteiger partial charge in [-0.25, -0.2) is 0 Å². The molecule has 0 spiro atoms. The van der Waals surface area contributed by atoms with Crippen LogP contribution >= 0.6 is 0 Å². The summed E-state index contributed by atoms with van der Waals surface area (Å²) < 4.78 is 78.6. The molecule has 0 amide bonds. The van der Waals surface area contributed by atoms with Gasteiger partial charge in [0.2, 0.25) is 0 Å². The molecule has 0 fully saturated rings. The van der Waals surface area contributed by atoms with Crippen molar-refractivity contribution in [2.75, 3.05) is 7.05 Å². The van der Waals surface area contributed by atoms with E-state index in [2.05, 4.69) is 14.8 Å². The Bertz CT molecular complexity index is 380. The number of halogens is 6. The van der Waals surface area contributed by atoms with Gasteiger partial charge in [0.05, 0.1) is 5.69 Å². The fourth-order valence-corrected chi connectivity index (χ4v) is 1.07. The average molecular weight is 274 g/mol. The van der Waals surface area contributed by atoms with Crippen molar-refractivity contribution in [2.45, 2.75) is 12.7 Å². The summed E-state index contributed by atoms with van der Waals surface area (Å²) in [6.45, 7) is 0. The van der Waals surface area contributed by atoms with Gasteiger partial charge in [-0.1, -0.05) is 0 Å². The number of rotatable bonds is 3. The molecule has 0 unspecified atom stereocenters. The molecule has 101 valence electrons. The first-order valence-corrected chi connectivity index (χ1v) is 4.35. The summed E-state index contributed by atoms with van der Waals surface area (Å²) in [6.07, 6.45) is -10.0. The number of nitrogens with zero attached hydrogens (tertiary/aromatic N) is 1. The Morgan fingerprint density at radius 3 is 1.50 bits per heavy atom. The smallest absolute Gasteiger partial charge is 0.406 e. The van der Waals surface area contributed by atoms with E-state index in [1.807, 2.05) is 0 Å². The summed E-state index contributed by atoms with van der Waals surface area (Å²) in [5, 5.41) is 3.46. The maximum Gasteiger partial charge on any atom is 0.573 e. The van der Waals surface area contributed by atoms with Crippen LogP contribution in [-0.4, -0.2) is 19.8 Å². The van der Waals surface area contributed by atoms with E-state index in [9.17, 15) is 26.3 Å². The Balaban J connectivity index is 3.02. The van der Waals surface area contributed by atoms with Crippen molar-refractivity contribution in [1.82, 2.24) is 5.32 Å². The molecule has 18 heavy (non-hydrogen) atoms. The van der Waals surface area contributed by atoms with E-state index in [-0.39, 0.29) is 5.69 Å². The quantitative estimate of drug-likeness (QED) is 0.792. The monoisotopic (exact) mass is 274 g/mol. The molecule has 9 heteroatoms. The lowest BCUT2D eigenvalue weighted by molar-refractivity contribution is -0.276. The maximum absolute atomic E-state index is 11.9. The molecular weight excluding hydrogens is 268 g/mol. The number of hydrogen-bond acceptors (Lipinski definition) is 2. The van der Waals surface area contributed by atoms with Crippen LogP contribution in [0.1, 0.15) is 0 Å². The van der Waals surface area contributed by atoms with Gasteiger partial charge in [-0.3, -0.25) is 5.32 Å². The highest BCUT2D eigenvalue weighted by Gasteiger charge is 2.33. The summed E-state index contributed by atoms with van der Waals surface area (Å²) in [7, 11) is 1.20. The van der Waals surface area contributed by atoms with Crippen molar-refractivity contribution in [3.8, 4) is 11.5 Å². The van der Waals surface area contributed by atoms with Crippen LogP contribution in [0, 0.1) is 0 Å². The molecule has 1 aromatic rings. The van der Waals surface area contributed by atoms with Gasteiger partial charge in [0.15, 0.2) is 0 Å². The predicted octanol–water partition coefficient (Wildman–Crippen LogP) is 3.35. The molecule has 1 radical (unpaired) electrons. The minimum atomic E-state index is -5.01. The Morgan fingerprint density at radius 2 is 1.22 bits per heavy atom. The third-order valence-electron chi connectivity index (χ3n) is 1.59. The second-order valence-corrected chi connectivity index (χ2v) is 2.98. The molecule has 0 saturated heterocycles. The molecule has 1 rings (SSSR count). The summed E-state index contributed by atoms with van der Waals surface area (Å²) in [5.74, 6) is -1.69. The fraction of sp³-hybridized carbons (Fsp3) is 0.333. The molecule has 0 aliphatic rings. The minimum Gasteiger partial charge on any atom is -0.406 e. The van der Waals surface area contributed by atoms with E-state index in [1.54, 1.807) is 0 Å². The first kappa shape index (κ1) is 14.3. The Labute approximate surface area is 97.3 Å². The van der Waals surface area contributed by atoms with Gasteiger partial charge in [0.25, 0.3) is 0 Å². The van der Waals surface area contributed by atoms with Gasteiger partial charge in [0.1, 0.15) is 11.5 Å². The van der Waals surface area contributed by atoms with Crippen LogP contribution in [0.2, 0.25) is 0 Å². The van der Waals surface area contributed by atoms with E-state index < -0.39 is 24.2 Å². The van der Waals surface area contributed by atoms with E-state index in [0.717, 1.165) is 12.1 Å². The van der Waals surface area contributed by atoms with Crippen molar-refractivity contribution in [3.63, 3.8) is 0 Å². The molecule has 0 N–H and O–H groups in total. The largest absolute Gasteiger partial charge is 0.573 e. The van der Waals surface area contributed by atoms with E-state index >= 15 is 0 Å². The topological polar surface area (TPSA) is 32.6 Å². The molecule has 0 bridgehead atoms. The van der Waals surface area contributed by atoms with Crippen LogP contribution in [0.3, 0.4) is 0 Å². The lowest BCUT2D eigenvalue weighted by atomic mass is 10.3. The van der Waals surface area contributed by atoms with Crippen molar-refractivity contribution >= 4 is 5.69 Å². The minimum absolute atomic E-state index is 0.143. The number of hydrogen-bond donors (Lipinski definition) is 0. The maximum atomic E-state index is 11.9. The van der Waals surface area contributed by atoms with E-state index in [4.69, 9.17) is 0 Å². The first-order valence-electron chi connectivity index (χ1n) is 4.35. The van der Waals surface area contributed by atoms with Gasteiger partial charge in [-0.05, 0) is 0 Å². The van der Waals surface area contributed by atoms with Gasteiger partial charge < -0.3 is 9.47 Å². The fourth-order valence-electron chi connectivity index (χ4n) is 1.07. The first-order chi connectivity index (χ1) is 8.09. The lowest BCUT2D eigenvalue weighted by Gasteiger charge is -2.13. The van der Waals surface area contributed by atoms with Gasteiger partial charge in [0, 0.05) is 25.2 Å². The highest BCUT2D eigenvalue weighted by molar-refractivity contribution is 5.49. The van der Waals surface area contributed by atoms with Crippen LogP contribution in [0.4, 0.5) is 32.0 Å². The molecule has 0 aliphatic heterocycles. The normalized spacial score (nSPS) is 12.2.